The second kappa shape index (κ2) is 7.52. The Bertz CT molecular complexity index is 384. The van der Waals surface area contributed by atoms with Crippen molar-refractivity contribution in [3.8, 4) is 11.5 Å². The maximum Gasteiger partial charge on any atom is 0.204 e. The molecule has 6 nitrogen and oxygen atoms in total. The molecule has 0 radical (unpaired) electrons. The molecule has 1 heterocycles. The number of rotatable bonds is 3. The van der Waals surface area contributed by atoms with Crippen LogP contribution in [-0.4, -0.2) is 31.9 Å². The van der Waals surface area contributed by atoms with Gasteiger partial charge in [-0.2, -0.15) is 0 Å². The van der Waals surface area contributed by atoms with Crippen LogP contribution < -0.4 is 20.7 Å². The summed E-state index contributed by atoms with van der Waals surface area (Å²) >= 11 is 0. The zero-order valence-electron chi connectivity index (χ0n) is 10.3. The molecule has 1 aromatic carbocycles. The van der Waals surface area contributed by atoms with E-state index in [-0.39, 0.29) is 6.41 Å². The second-order valence-electron chi connectivity index (χ2n) is 3.74. The number of nitrogens with one attached hydrogen (secondary N) is 1. The molecular weight excluding hydrogens is 236 g/mol. The van der Waals surface area contributed by atoms with E-state index in [4.69, 9.17) is 19.5 Å². The monoisotopic (exact) mass is 254 g/mol. The number of methoxy groups -OCH3 is 1. The topological polar surface area (TPSA) is 93.8 Å². The summed E-state index contributed by atoms with van der Waals surface area (Å²) in [5, 5.41) is 8.73. The molecule has 2 rings (SSSR count). The van der Waals surface area contributed by atoms with Gasteiger partial charge in [0, 0.05) is 18.5 Å². The average Bonchev–Trinajstić information content (AvgIpc) is 2.40. The first-order valence-electron chi connectivity index (χ1n) is 5.59. The Labute approximate surface area is 106 Å². The number of benzene rings is 1. The molecule has 0 saturated carbocycles. The summed E-state index contributed by atoms with van der Waals surface area (Å²) in [6.45, 7) is 1.25. The van der Waals surface area contributed by atoms with Gasteiger partial charge in [0.05, 0.1) is 13.7 Å². The third-order valence-corrected chi connectivity index (χ3v) is 2.72. The van der Waals surface area contributed by atoms with E-state index in [0.717, 1.165) is 23.5 Å². The second-order valence-corrected chi connectivity index (χ2v) is 3.74. The Kier molecular flexibility index (Phi) is 5.96. The molecule has 4 N–H and O–H groups in total. The van der Waals surface area contributed by atoms with Crippen molar-refractivity contribution in [2.45, 2.75) is 12.3 Å². The highest BCUT2D eigenvalue weighted by atomic mass is 16.5. The molecule has 1 aliphatic heterocycles. The number of nitrogens with two attached hydrogens (primary N) is 1. The van der Waals surface area contributed by atoms with Crippen molar-refractivity contribution in [3.05, 3.63) is 23.8 Å². The Balaban J connectivity index is 0.000000492. The number of carbonyl (C=O) groups is 1. The molecule has 0 aromatic heterocycles. The molecule has 1 aliphatic rings. The van der Waals surface area contributed by atoms with Gasteiger partial charge in [-0.05, 0) is 18.1 Å². The minimum atomic E-state index is 0.250. The molecule has 1 aromatic rings. The van der Waals surface area contributed by atoms with E-state index in [1.54, 1.807) is 7.11 Å². The zero-order valence-corrected chi connectivity index (χ0v) is 10.3. The molecule has 18 heavy (non-hydrogen) atoms. The van der Waals surface area contributed by atoms with Crippen molar-refractivity contribution in [1.29, 1.82) is 0 Å². The first-order valence-corrected chi connectivity index (χ1v) is 5.59. The lowest BCUT2D eigenvalue weighted by atomic mass is 9.93. The number of carbonyl (C=O) groups excluding carboxylic acids is 1. The highest BCUT2D eigenvalue weighted by molar-refractivity contribution is 5.44. The fourth-order valence-corrected chi connectivity index (χ4v) is 1.89. The summed E-state index contributed by atoms with van der Waals surface area (Å²) < 4.78 is 10.7. The predicted octanol–water partition coefficient (Wildman–Crippen LogP) is 0.642. The largest absolute Gasteiger partial charge is 0.497 e. The molecule has 0 bridgehead atoms. The number of hydrogen-bond acceptors (Lipinski definition) is 5. The fraction of sp³-hybridized carbons (Fsp3) is 0.417. The maximum atomic E-state index is 8.73. The molecule has 1 amide bonds. The van der Waals surface area contributed by atoms with Gasteiger partial charge in [0.1, 0.15) is 11.5 Å². The molecule has 0 fully saturated rings. The quantitative estimate of drug-likeness (QED) is 0.543. The van der Waals surface area contributed by atoms with Gasteiger partial charge < -0.3 is 20.4 Å². The summed E-state index contributed by atoms with van der Waals surface area (Å²) in [7, 11) is 1.64. The van der Waals surface area contributed by atoms with Crippen LogP contribution in [0, 0.1) is 0 Å². The van der Waals surface area contributed by atoms with Crippen molar-refractivity contribution >= 4 is 6.41 Å². The molecular formula is C12H18N2O4. The van der Waals surface area contributed by atoms with Crippen LogP contribution in [0.5, 0.6) is 11.5 Å². The fourth-order valence-electron chi connectivity index (χ4n) is 1.89. The van der Waals surface area contributed by atoms with Crippen molar-refractivity contribution < 1.29 is 19.5 Å². The standard InChI is InChI=1S/C11H15NO3.CH3NO/c1-14-9-2-3-10-8(7-12-13)4-5-15-11(10)6-9;2-1-3/h2-3,6,8,12-13H,4-5,7H2,1H3;1H,(H2,2,3). The number of hydroxylamine groups is 1. The minimum Gasteiger partial charge on any atom is -0.497 e. The molecule has 0 saturated heterocycles. The molecule has 0 aliphatic carbocycles. The summed E-state index contributed by atoms with van der Waals surface area (Å²) in [6.07, 6.45) is 1.17. The average molecular weight is 254 g/mol. The summed E-state index contributed by atoms with van der Waals surface area (Å²) in [5.41, 5.74) is 7.52. The van der Waals surface area contributed by atoms with Crippen molar-refractivity contribution in [1.82, 2.24) is 5.48 Å². The summed E-state index contributed by atoms with van der Waals surface area (Å²) in [4.78, 5) is 8.58. The van der Waals surface area contributed by atoms with Crippen LogP contribution in [-0.2, 0) is 4.79 Å². The Hall–Kier alpha value is -1.79. The van der Waals surface area contributed by atoms with E-state index in [1.165, 1.54) is 0 Å². The van der Waals surface area contributed by atoms with Crippen LogP contribution in [0.2, 0.25) is 0 Å². The van der Waals surface area contributed by atoms with E-state index in [9.17, 15) is 0 Å². The molecule has 100 valence electrons. The lowest BCUT2D eigenvalue weighted by Crippen LogP contribution is -2.23. The first-order chi connectivity index (χ1) is 8.76. The van der Waals surface area contributed by atoms with E-state index < -0.39 is 0 Å². The highest BCUT2D eigenvalue weighted by Gasteiger charge is 2.21. The lowest BCUT2D eigenvalue weighted by molar-refractivity contribution is -0.106. The Morgan fingerprint density at radius 1 is 1.67 bits per heavy atom. The van der Waals surface area contributed by atoms with Gasteiger partial charge in [0.15, 0.2) is 0 Å². The van der Waals surface area contributed by atoms with Crippen LogP contribution in [0.15, 0.2) is 18.2 Å². The van der Waals surface area contributed by atoms with Gasteiger partial charge in [0.2, 0.25) is 6.41 Å². The maximum absolute atomic E-state index is 8.73. The van der Waals surface area contributed by atoms with E-state index in [2.05, 4.69) is 11.2 Å². The number of primary amides is 1. The Morgan fingerprint density at radius 2 is 2.39 bits per heavy atom. The first kappa shape index (κ1) is 14.3. The van der Waals surface area contributed by atoms with Gasteiger partial charge >= 0.3 is 0 Å². The summed E-state index contributed by atoms with van der Waals surface area (Å²) in [6, 6.07) is 5.80. The van der Waals surface area contributed by atoms with Gasteiger partial charge in [-0.1, -0.05) is 6.07 Å². The Morgan fingerprint density at radius 3 is 3.00 bits per heavy atom. The molecule has 6 heteroatoms. The molecule has 1 unspecified atom stereocenters. The number of hydrogen-bond donors (Lipinski definition) is 3. The summed E-state index contributed by atoms with van der Waals surface area (Å²) in [5.74, 6) is 1.97. The van der Waals surface area contributed by atoms with E-state index in [0.29, 0.717) is 19.1 Å². The zero-order chi connectivity index (χ0) is 13.4. The van der Waals surface area contributed by atoms with Gasteiger partial charge in [-0.25, -0.2) is 5.48 Å². The van der Waals surface area contributed by atoms with Crippen molar-refractivity contribution in [3.63, 3.8) is 0 Å². The number of amides is 1. The minimum absolute atomic E-state index is 0.250. The third-order valence-electron chi connectivity index (χ3n) is 2.72. The lowest BCUT2D eigenvalue weighted by Gasteiger charge is -2.25. The van der Waals surface area contributed by atoms with E-state index >= 15 is 0 Å². The normalized spacial score (nSPS) is 16.7. The van der Waals surface area contributed by atoms with Crippen LogP contribution >= 0.6 is 0 Å². The van der Waals surface area contributed by atoms with Gasteiger partial charge in [0.25, 0.3) is 0 Å². The molecule has 0 spiro atoms. The van der Waals surface area contributed by atoms with Crippen LogP contribution in [0.1, 0.15) is 17.9 Å². The smallest absolute Gasteiger partial charge is 0.204 e. The van der Waals surface area contributed by atoms with Gasteiger partial charge in [-0.3, -0.25) is 4.79 Å². The van der Waals surface area contributed by atoms with Crippen molar-refractivity contribution in [2.24, 2.45) is 5.73 Å². The molecule has 1 atom stereocenters. The van der Waals surface area contributed by atoms with Crippen molar-refractivity contribution in [2.75, 3.05) is 20.3 Å². The number of ether oxygens (including phenoxy) is 2. The van der Waals surface area contributed by atoms with Crippen LogP contribution in [0.4, 0.5) is 0 Å². The van der Waals surface area contributed by atoms with Crippen LogP contribution in [0.3, 0.4) is 0 Å². The van der Waals surface area contributed by atoms with Crippen LogP contribution in [0.25, 0.3) is 0 Å². The number of fused-ring (bicyclic) bond motifs is 1. The van der Waals surface area contributed by atoms with E-state index in [1.807, 2.05) is 18.2 Å². The predicted molar refractivity (Wildman–Crippen MR) is 65.9 cm³/mol. The highest BCUT2D eigenvalue weighted by Crippen LogP contribution is 2.35. The van der Waals surface area contributed by atoms with Gasteiger partial charge in [-0.15, -0.1) is 0 Å². The third kappa shape index (κ3) is 3.61. The SMILES string of the molecule is COc1ccc2c(c1)OCCC2CNO.NC=O.